The first-order chi connectivity index (χ1) is 14.9. The fourth-order valence-corrected chi connectivity index (χ4v) is 3.73. The molecule has 1 saturated heterocycles. The molecule has 164 valence electrons. The maximum absolute atomic E-state index is 13.0. The number of aliphatic hydroxyl groups excluding tert-OH is 1. The summed E-state index contributed by atoms with van der Waals surface area (Å²) in [4.78, 5) is 31.5. The number of Topliss-reactive ketones (excluding diaryl/α,β-unsaturated/α-hetero) is 1. The number of pyridine rings is 1. The summed E-state index contributed by atoms with van der Waals surface area (Å²) >= 11 is 0. The molecule has 31 heavy (non-hydrogen) atoms. The van der Waals surface area contributed by atoms with Crippen LogP contribution in [0.1, 0.15) is 49.6 Å². The number of ketones is 1. The van der Waals surface area contributed by atoms with Gasteiger partial charge < -0.3 is 19.5 Å². The molecule has 0 bridgehead atoms. The van der Waals surface area contributed by atoms with Gasteiger partial charge >= 0.3 is 0 Å². The van der Waals surface area contributed by atoms with Gasteiger partial charge in [-0.2, -0.15) is 0 Å². The number of carbonyl (C=O) groups excluding carboxylic acids is 2. The van der Waals surface area contributed by atoms with Gasteiger partial charge in [-0.25, -0.2) is 0 Å². The summed E-state index contributed by atoms with van der Waals surface area (Å²) < 4.78 is 10.8. The first kappa shape index (κ1) is 22.5. The lowest BCUT2D eigenvalue weighted by Gasteiger charge is -2.24. The Labute approximate surface area is 182 Å². The second-order valence-electron chi connectivity index (χ2n) is 7.58. The van der Waals surface area contributed by atoms with Gasteiger partial charge in [-0.3, -0.25) is 14.6 Å². The van der Waals surface area contributed by atoms with Crippen LogP contribution in [0.2, 0.25) is 0 Å². The molecule has 1 atom stereocenters. The maximum atomic E-state index is 13.0. The van der Waals surface area contributed by atoms with E-state index in [0.29, 0.717) is 17.9 Å². The molecular formula is C24H28N2O5. The minimum atomic E-state index is -0.787. The number of rotatable bonds is 8. The van der Waals surface area contributed by atoms with Crippen molar-refractivity contribution in [1.82, 2.24) is 9.88 Å². The monoisotopic (exact) mass is 424 g/mol. The number of hydrogen-bond acceptors (Lipinski definition) is 6. The Balaban J connectivity index is 2.15. The average molecular weight is 424 g/mol. The molecule has 0 radical (unpaired) electrons. The fourth-order valence-electron chi connectivity index (χ4n) is 3.73. The molecule has 1 fully saturated rings. The van der Waals surface area contributed by atoms with Crippen LogP contribution in [-0.4, -0.2) is 53.5 Å². The van der Waals surface area contributed by atoms with Crippen LogP contribution >= 0.6 is 0 Å². The summed E-state index contributed by atoms with van der Waals surface area (Å²) in [6.07, 6.45) is 1.60. The highest BCUT2D eigenvalue weighted by Crippen LogP contribution is 2.39. The van der Waals surface area contributed by atoms with Crippen LogP contribution in [0, 0.1) is 0 Å². The molecule has 1 aliphatic heterocycles. The van der Waals surface area contributed by atoms with Gasteiger partial charge in [-0.1, -0.05) is 19.9 Å². The van der Waals surface area contributed by atoms with Crippen LogP contribution < -0.4 is 4.74 Å². The minimum Gasteiger partial charge on any atom is -0.507 e. The van der Waals surface area contributed by atoms with E-state index in [0.717, 1.165) is 11.3 Å². The maximum Gasteiger partial charge on any atom is 0.295 e. The highest BCUT2D eigenvalue weighted by atomic mass is 16.5. The highest BCUT2D eigenvalue weighted by molar-refractivity contribution is 6.46. The first-order valence-corrected chi connectivity index (χ1v) is 10.4. The molecule has 2 aromatic rings. The molecule has 1 aromatic heterocycles. The Bertz CT molecular complexity index is 985. The molecular weight excluding hydrogens is 396 g/mol. The van der Waals surface area contributed by atoms with Gasteiger partial charge in [-0.05, 0) is 48.7 Å². The largest absolute Gasteiger partial charge is 0.507 e. The van der Waals surface area contributed by atoms with Crippen LogP contribution in [0.4, 0.5) is 0 Å². The van der Waals surface area contributed by atoms with Gasteiger partial charge in [0.05, 0.1) is 24.5 Å². The van der Waals surface area contributed by atoms with Crippen LogP contribution in [0.15, 0.2) is 48.2 Å². The molecule has 0 aliphatic carbocycles. The lowest BCUT2D eigenvalue weighted by atomic mass is 9.94. The molecule has 7 nitrogen and oxygen atoms in total. The number of ether oxygens (including phenoxy) is 2. The van der Waals surface area contributed by atoms with Crippen LogP contribution in [0.3, 0.4) is 0 Å². The number of hydrogen-bond donors (Lipinski definition) is 1. The number of aliphatic hydroxyl groups is 1. The van der Waals surface area contributed by atoms with Gasteiger partial charge in [0.15, 0.2) is 0 Å². The van der Waals surface area contributed by atoms with E-state index in [1.807, 2.05) is 26.8 Å². The van der Waals surface area contributed by atoms with E-state index in [9.17, 15) is 14.7 Å². The van der Waals surface area contributed by atoms with Crippen molar-refractivity contribution in [1.29, 1.82) is 0 Å². The second-order valence-corrected chi connectivity index (χ2v) is 7.58. The standard InChI is InChI=1S/C24H28N2O5/c1-5-31-19-10-9-16(14-17(19)15(2)3)22(27)20-21(18-8-6-7-11-25-18)26(12-13-30-4)24(29)23(20)28/h6-11,14-15,21,27H,5,12-13H2,1-4H3/b22-20-. The lowest BCUT2D eigenvalue weighted by molar-refractivity contribution is -0.140. The topological polar surface area (TPSA) is 89.0 Å². The summed E-state index contributed by atoms with van der Waals surface area (Å²) in [5, 5.41) is 11.2. The smallest absolute Gasteiger partial charge is 0.295 e. The van der Waals surface area contributed by atoms with E-state index in [1.54, 1.807) is 36.5 Å². The molecule has 0 saturated carbocycles. The Morgan fingerprint density at radius 3 is 2.61 bits per heavy atom. The molecule has 3 rings (SSSR count). The summed E-state index contributed by atoms with van der Waals surface area (Å²) in [5.74, 6) is -0.756. The lowest BCUT2D eigenvalue weighted by Crippen LogP contribution is -2.33. The van der Waals surface area contributed by atoms with Crippen molar-refractivity contribution in [3.63, 3.8) is 0 Å². The fraction of sp³-hybridized carbons (Fsp3) is 0.375. The predicted octanol–water partition coefficient (Wildman–Crippen LogP) is 3.67. The number of methoxy groups -OCH3 is 1. The highest BCUT2D eigenvalue weighted by Gasteiger charge is 2.46. The first-order valence-electron chi connectivity index (χ1n) is 10.4. The Morgan fingerprint density at radius 1 is 1.23 bits per heavy atom. The van der Waals surface area contributed by atoms with Crippen LogP contribution in [0.25, 0.3) is 5.76 Å². The zero-order valence-corrected chi connectivity index (χ0v) is 18.3. The van der Waals surface area contributed by atoms with Crippen molar-refractivity contribution in [3.05, 3.63) is 65.0 Å². The van der Waals surface area contributed by atoms with E-state index in [-0.39, 0.29) is 30.4 Å². The van der Waals surface area contributed by atoms with E-state index in [2.05, 4.69) is 4.98 Å². The van der Waals surface area contributed by atoms with E-state index in [4.69, 9.17) is 9.47 Å². The summed E-state index contributed by atoms with van der Waals surface area (Å²) in [6.45, 7) is 6.96. The third-order valence-electron chi connectivity index (χ3n) is 5.25. The van der Waals surface area contributed by atoms with Crippen molar-refractivity contribution in [2.75, 3.05) is 26.9 Å². The summed E-state index contributed by atoms with van der Waals surface area (Å²) in [5.41, 5.74) is 1.90. The normalized spacial score (nSPS) is 18.1. The van der Waals surface area contributed by atoms with Crippen molar-refractivity contribution >= 4 is 17.4 Å². The number of amides is 1. The summed E-state index contributed by atoms with van der Waals surface area (Å²) in [7, 11) is 1.53. The number of benzene rings is 1. The Hall–Kier alpha value is -3.19. The zero-order valence-electron chi connectivity index (χ0n) is 18.3. The van der Waals surface area contributed by atoms with Gasteiger partial charge in [0.2, 0.25) is 0 Å². The third-order valence-corrected chi connectivity index (χ3v) is 5.25. The molecule has 1 N–H and O–H groups in total. The molecule has 0 spiro atoms. The average Bonchev–Trinajstić information content (AvgIpc) is 3.02. The van der Waals surface area contributed by atoms with Crippen molar-refractivity contribution in [3.8, 4) is 5.75 Å². The van der Waals surface area contributed by atoms with Crippen molar-refractivity contribution < 1.29 is 24.2 Å². The van der Waals surface area contributed by atoms with Gasteiger partial charge in [0.1, 0.15) is 17.6 Å². The molecule has 7 heteroatoms. The minimum absolute atomic E-state index is 0.0265. The van der Waals surface area contributed by atoms with Crippen molar-refractivity contribution in [2.24, 2.45) is 0 Å². The quantitative estimate of drug-likeness (QED) is 0.395. The predicted molar refractivity (Wildman–Crippen MR) is 117 cm³/mol. The molecule has 1 unspecified atom stereocenters. The Kier molecular flexibility index (Phi) is 7.07. The number of likely N-dealkylation sites (tertiary alicyclic amines) is 1. The second kappa shape index (κ2) is 9.75. The van der Waals surface area contributed by atoms with E-state index < -0.39 is 17.7 Å². The van der Waals surface area contributed by atoms with Gasteiger partial charge in [0, 0.05) is 25.4 Å². The molecule has 1 aromatic carbocycles. The van der Waals surface area contributed by atoms with E-state index >= 15 is 0 Å². The number of aromatic nitrogens is 1. The van der Waals surface area contributed by atoms with Crippen LogP contribution in [0.5, 0.6) is 5.75 Å². The van der Waals surface area contributed by atoms with Crippen molar-refractivity contribution in [2.45, 2.75) is 32.7 Å². The SMILES string of the molecule is CCOc1ccc(/C(O)=C2/C(=O)C(=O)N(CCOC)C2c2ccccn2)cc1C(C)C. The van der Waals surface area contributed by atoms with Gasteiger partial charge in [0.25, 0.3) is 11.7 Å². The molecule has 1 amide bonds. The third kappa shape index (κ3) is 4.46. The Morgan fingerprint density at radius 2 is 2.00 bits per heavy atom. The number of nitrogens with zero attached hydrogens (tertiary/aromatic N) is 2. The van der Waals surface area contributed by atoms with E-state index in [1.165, 1.54) is 12.0 Å². The van der Waals surface area contributed by atoms with Crippen LogP contribution in [-0.2, 0) is 14.3 Å². The molecule has 2 heterocycles. The molecule has 1 aliphatic rings. The zero-order chi connectivity index (χ0) is 22.5. The number of carbonyl (C=O) groups is 2. The summed E-state index contributed by atoms with van der Waals surface area (Å²) in [6, 6.07) is 9.78. The van der Waals surface area contributed by atoms with Gasteiger partial charge in [-0.15, -0.1) is 0 Å².